The van der Waals surface area contributed by atoms with Crippen molar-refractivity contribution in [1.29, 1.82) is 0 Å². The van der Waals surface area contributed by atoms with Crippen molar-refractivity contribution in [3.05, 3.63) is 25.3 Å². The zero-order chi connectivity index (χ0) is 13.3. The molecule has 0 aromatic carbocycles. The molecule has 0 unspecified atom stereocenters. The van der Waals surface area contributed by atoms with Crippen LogP contribution in [0.1, 0.15) is 13.3 Å². The van der Waals surface area contributed by atoms with Crippen LogP contribution in [0.15, 0.2) is 25.3 Å². The van der Waals surface area contributed by atoms with Crippen LogP contribution < -0.4 is 0 Å². The summed E-state index contributed by atoms with van der Waals surface area (Å²) >= 11 is 0. The number of carbonyl (C=O) groups is 2. The van der Waals surface area contributed by atoms with Crippen molar-refractivity contribution in [2.24, 2.45) is 5.41 Å². The molecule has 0 radical (unpaired) electrons. The highest BCUT2D eigenvalue weighted by Gasteiger charge is 2.27. The summed E-state index contributed by atoms with van der Waals surface area (Å²) in [6.07, 6.45) is 2.45. The minimum Gasteiger partial charge on any atom is -0.462 e. The Labute approximate surface area is 101 Å². The summed E-state index contributed by atoms with van der Waals surface area (Å²) in [5.41, 5.74) is -0.619. The van der Waals surface area contributed by atoms with Crippen molar-refractivity contribution < 1.29 is 24.2 Å². The molecule has 0 heterocycles. The third kappa shape index (κ3) is 6.52. The van der Waals surface area contributed by atoms with E-state index in [1.807, 2.05) is 0 Å². The molecule has 0 spiro atoms. The second-order valence-electron chi connectivity index (χ2n) is 3.91. The lowest BCUT2D eigenvalue weighted by molar-refractivity contribution is -0.148. The molecule has 0 fully saturated rings. The Kier molecular flexibility index (Phi) is 6.89. The average Bonchev–Trinajstić information content (AvgIpc) is 2.33. The van der Waals surface area contributed by atoms with E-state index in [2.05, 4.69) is 13.2 Å². The minimum absolute atomic E-state index is 0.0445. The SMILES string of the molecule is C=CC(=O)OCC(C)(CCO)COC(=O)C=C. The normalized spacial score (nSPS) is 10.5. The molecule has 0 aromatic rings. The minimum atomic E-state index is -0.619. The fraction of sp³-hybridized carbons (Fsp3) is 0.500. The van der Waals surface area contributed by atoms with E-state index in [9.17, 15) is 9.59 Å². The summed E-state index contributed by atoms with van der Waals surface area (Å²) in [5.74, 6) is -1.10. The number of esters is 2. The van der Waals surface area contributed by atoms with Gasteiger partial charge in [-0.15, -0.1) is 0 Å². The first kappa shape index (κ1) is 15.4. The predicted octanol–water partition coefficient (Wildman–Crippen LogP) is 0.833. The van der Waals surface area contributed by atoms with E-state index in [0.29, 0.717) is 6.42 Å². The van der Waals surface area contributed by atoms with Crippen LogP contribution in [-0.2, 0) is 19.1 Å². The van der Waals surface area contributed by atoms with Crippen LogP contribution in [0.2, 0.25) is 0 Å². The monoisotopic (exact) mass is 242 g/mol. The Morgan fingerprint density at radius 1 is 1.18 bits per heavy atom. The van der Waals surface area contributed by atoms with Crippen molar-refractivity contribution >= 4 is 11.9 Å². The molecular weight excluding hydrogens is 224 g/mol. The van der Waals surface area contributed by atoms with Crippen LogP contribution >= 0.6 is 0 Å². The largest absolute Gasteiger partial charge is 0.462 e. The Morgan fingerprint density at radius 3 is 1.88 bits per heavy atom. The molecule has 0 aliphatic rings. The molecule has 0 saturated heterocycles. The smallest absolute Gasteiger partial charge is 0.330 e. The first-order valence-corrected chi connectivity index (χ1v) is 5.16. The maximum absolute atomic E-state index is 10.9. The van der Waals surface area contributed by atoms with Crippen LogP contribution in [0.5, 0.6) is 0 Å². The van der Waals surface area contributed by atoms with E-state index in [-0.39, 0.29) is 19.8 Å². The predicted molar refractivity (Wildman–Crippen MR) is 62.1 cm³/mol. The number of carbonyl (C=O) groups excluding carboxylic acids is 2. The van der Waals surface area contributed by atoms with Gasteiger partial charge in [0.1, 0.15) is 13.2 Å². The Bertz CT molecular complexity index is 271. The quantitative estimate of drug-likeness (QED) is 0.504. The fourth-order valence-electron chi connectivity index (χ4n) is 1.06. The molecule has 0 rings (SSSR count). The molecule has 0 aliphatic heterocycles. The molecule has 0 saturated carbocycles. The van der Waals surface area contributed by atoms with Gasteiger partial charge in [-0.3, -0.25) is 0 Å². The van der Waals surface area contributed by atoms with E-state index >= 15 is 0 Å². The lowest BCUT2D eigenvalue weighted by Gasteiger charge is -2.27. The van der Waals surface area contributed by atoms with Gasteiger partial charge < -0.3 is 14.6 Å². The molecule has 0 aromatic heterocycles. The van der Waals surface area contributed by atoms with Gasteiger partial charge in [0, 0.05) is 24.2 Å². The van der Waals surface area contributed by atoms with Crippen LogP contribution in [0.25, 0.3) is 0 Å². The van der Waals surface area contributed by atoms with E-state index in [1.54, 1.807) is 6.92 Å². The lowest BCUT2D eigenvalue weighted by Crippen LogP contribution is -2.32. The number of hydrogen-bond acceptors (Lipinski definition) is 5. The Morgan fingerprint density at radius 2 is 1.59 bits per heavy atom. The molecule has 0 amide bonds. The van der Waals surface area contributed by atoms with Gasteiger partial charge in [-0.2, -0.15) is 0 Å². The zero-order valence-corrected chi connectivity index (χ0v) is 9.98. The maximum Gasteiger partial charge on any atom is 0.330 e. The molecular formula is C12H18O5. The average molecular weight is 242 g/mol. The highest BCUT2D eigenvalue weighted by molar-refractivity contribution is 5.81. The molecule has 0 aliphatic carbocycles. The van der Waals surface area contributed by atoms with Gasteiger partial charge >= 0.3 is 11.9 Å². The summed E-state index contributed by atoms with van der Waals surface area (Å²) < 4.78 is 9.78. The van der Waals surface area contributed by atoms with Crippen LogP contribution in [0, 0.1) is 5.41 Å². The highest BCUT2D eigenvalue weighted by atomic mass is 16.5. The Hall–Kier alpha value is -1.62. The highest BCUT2D eigenvalue weighted by Crippen LogP contribution is 2.22. The maximum atomic E-state index is 10.9. The van der Waals surface area contributed by atoms with Gasteiger partial charge in [0.2, 0.25) is 0 Å². The Balaban J connectivity index is 4.33. The summed E-state index contributed by atoms with van der Waals surface area (Å²) in [4.78, 5) is 21.9. The second-order valence-corrected chi connectivity index (χ2v) is 3.91. The summed E-state index contributed by atoms with van der Waals surface area (Å²) in [7, 11) is 0. The van der Waals surface area contributed by atoms with Gasteiger partial charge in [-0.25, -0.2) is 9.59 Å². The number of aliphatic hydroxyl groups is 1. The number of aliphatic hydroxyl groups excluding tert-OH is 1. The van der Waals surface area contributed by atoms with Gasteiger partial charge in [0.05, 0.1) is 0 Å². The molecule has 5 nitrogen and oxygen atoms in total. The van der Waals surface area contributed by atoms with Gasteiger partial charge in [0.15, 0.2) is 0 Å². The standard InChI is InChI=1S/C12H18O5/c1-4-10(14)16-8-12(3,6-7-13)9-17-11(15)5-2/h4-5,13H,1-2,6-9H2,3H3. The summed E-state index contributed by atoms with van der Waals surface area (Å²) in [6, 6.07) is 0. The van der Waals surface area contributed by atoms with Crippen molar-refractivity contribution in [1.82, 2.24) is 0 Å². The van der Waals surface area contributed by atoms with E-state index in [1.165, 1.54) is 0 Å². The number of ether oxygens (including phenoxy) is 2. The van der Waals surface area contributed by atoms with Crippen LogP contribution in [0.4, 0.5) is 0 Å². The number of rotatable bonds is 8. The molecule has 1 N–H and O–H groups in total. The van der Waals surface area contributed by atoms with Crippen LogP contribution in [-0.4, -0.2) is 36.9 Å². The van der Waals surface area contributed by atoms with Crippen LogP contribution in [0.3, 0.4) is 0 Å². The van der Waals surface area contributed by atoms with Gasteiger partial charge in [-0.1, -0.05) is 20.1 Å². The zero-order valence-electron chi connectivity index (χ0n) is 9.98. The summed E-state index contributed by atoms with van der Waals surface area (Å²) in [6.45, 7) is 8.29. The van der Waals surface area contributed by atoms with Gasteiger partial charge in [-0.05, 0) is 6.42 Å². The molecule has 96 valence electrons. The van der Waals surface area contributed by atoms with Crippen molar-refractivity contribution in [2.45, 2.75) is 13.3 Å². The third-order valence-corrected chi connectivity index (χ3v) is 2.17. The third-order valence-electron chi connectivity index (χ3n) is 2.17. The first-order chi connectivity index (χ1) is 7.97. The second kappa shape index (κ2) is 7.62. The van der Waals surface area contributed by atoms with Crippen molar-refractivity contribution in [3.63, 3.8) is 0 Å². The molecule has 0 atom stereocenters. The first-order valence-electron chi connectivity index (χ1n) is 5.16. The van der Waals surface area contributed by atoms with E-state index < -0.39 is 17.4 Å². The lowest BCUT2D eigenvalue weighted by atomic mass is 9.89. The molecule has 0 bridgehead atoms. The van der Waals surface area contributed by atoms with Crippen molar-refractivity contribution in [3.8, 4) is 0 Å². The molecule has 5 heteroatoms. The molecule has 17 heavy (non-hydrogen) atoms. The van der Waals surface area contributed by atoms with E-state index in [4.69, 9.17) is 14.6 Å². The number of hydrogen-bond donors (Lipinski definition) is 1. The van der Waals surface area contributed by atoms with Crippen molar-refractivity contribution in [2.75, 3.05) is 19.8 Å². The van der Waals surface area contributed by atoms with E-state index in [0.717, 1.165) is 12.2 Å². The topological polar surface area (TPSA) is 72.8 Å². The summed E-state index contributed by atoms with van der Waals surface area (Å²) in [5, 5.41) is 8.93. The van der Waals surface area contributed by atoms with Gasteiger partial charge in [0.25, 0.3) is 0 Å². The fourth-order valence-corrected chi connectivity index (χ4v) is 1.06.